The molecular weight excluding hydrogens is 264 g/mol. The van der Waals surface area contributed by atoms with Gasteiger partial charge in [0.15, 0.2) is 5.82 Å². The molecule has 0 saturated carbocycles. The molecule has 1 heterocycles. The summed E-state index contributed by atoms with van der Waals surface area (Å²) in [6.07, 6.45) is 1.33. The number of methoxy groups -OCH3 is 1. The maximum absolute atomic E-state index is 10.6. The molecule has 1 aromatic carbocycles. The fourth-order valence-electron chi connectivity index (χ4n) is 1.54. The van der Waals surface area contributed by atoms with E-state index in [0.717, 1.165) is 0 Å². The molecule has 0 atom stereocenters. The van der Waals surface area contributed by atoms with E-state index in [2.05, 4.69) is 15.3 Å². The molecule has 104 valence electrons. The van der Waals surface area contributed by atoms with Crippen LogP contribution in [0.5, 0.6) is 17.4 Å². The van der Waals surface area contributed by atoms with Crippen LogP contribution in [0.3, 0.4) is 0 Å². The number of benzene rings is 1. The van der Waals surface area contributed by atoms with Crippen LogP contribution < -0.4 is 14.8 Å². The lowest BCUT2D eigenvalue weighted by Crippen LogP contribution is -2.00. The lowest BCUT2D eigenvalue weighted by Gasteiger charge is -2.11. The molecule has 0 amide bonds. The average molecular weight is 276 g/mol. The van der Waals surface area contributed by atoms with Gasteiger partial charge in [0.2, 0.25) is 5.75 Å². The Morgan fingerprint density at radius 1 is 1.25 bits per heavy atom. The zero-order chi connectivity index (χ0) is 14.5. The molecule has 0 unspecified atom stereocenters. The van der Waals surface area contributed by atoms with Crippen LogP contribution in [0, 0.1) is 10.1 Å². The van der Waals surface area contributed by atoms with Crippen LogP contribution in [0.25, 0.3) is 0 Å². The Balaban J connectivity index is 2.27. The molecule has 20 heavy (non-hydrogen) atoms. The topological polar surface area (TPSA) is 99.4 Å². The number of non-ortho nitro benzene ring substituents is 1. The number of rotatable bonds is 5. The first kappa shape index (κ1) is 13.5. The third-order valence-corrected chi connectivity index (χ3v) is 2.47. The van der Waals surface area contributed by atoms with Crippen molar-refractivity contribution in [3.8, 4) is 17.4 Å². The van der Waals surface area contributed by atoms with E-state index < -0.39 is 4.92 Å². The van der Waals surface area contributed by atoms with Crippen LogP contribution in [0.15, 0.2) is 30.6 Å². The Labute approximate surface area is 114 Å². The molecular formula is C12H12N4O4. The van der Waals surface area contributed by atoms with Crippen molar-refractivity contribution in [3.63, 3.8) is 0 Å². The van der Waals surface area contributed by atoms with Crippen molar-refractivity contribution in [1.82, 2.24) is 9.97 Å². The molecule has 0 fully saturated rings. The van der Waals surface area contributed by atoms with E-state index in [9.17, 15) is 10.1 Å². The van der Waals surface area contributed by atoms with E-state index >= 15 is 0 Å². The highest BCUT2D eigenvalue weighted by atomic mass is 16.6. The highest BCUT2D eigenvalue weighted by molar-refractivity contribution is 5.55. The monoisotopic (exact) mass is 276 g/mol. The van der Waals surface area contributed by atoms with E-state index in [4.69, 9.17) is 9.47 Å². The second kappa shape index (κ2) is 5.83. The molecule has 8 heteroatoms. The number of nitro groups is 1. The van der Waals surface area contributed by atoms with Gasteiger partial charge < -0.3 is 14.8 Å². The first-order valence-electron chi connectivity index (χ1n) is 5.64. The van der Waals surface area contributed by atoms with Crippen LogP contribution >= 0.6 is 0 Å². The molecule has 1 N–H and O–H groups in total. The maximum Gasteiger partial charge on any atom is 0.269 e. The molecule has 2 rings (SSSR count). The van der Waals surface area contributed by atoms with Crippen molar-refractivity contribution >= 4 is 11.5 Å². The Bertz CT molecular complexity index is 615. The van der Waals surface area contributed by atoms with Gasteiger partial charge in [0.25, 0.3) is 11.6 Å². The zero-order valence-electron chi connectivity index (χ0n) is 10.9. The van der Waals surface area contributed by atoms with E-state index in [1.165, 1.54) is 37.7 Å². The summed E-state index contributed by atoms with van der Waals surface area (Å²) in [5.74, 6) is 1.48. The van der Waals surface area contributed by atoms with E-state index in [1.807, 2.05) is 0 Å². The van der Waals surface area contributed by atoms with Gasteiger partial charge in [0, 0.05) is 19.2 Å². The van der Waals surface area contributed by atoms with Gasteiger partial charge in [-0.25, -0.2) is 4.98 Å². The van der Waals surface area contributed by atoms with Gasteiger partial charge in [-0.05, 0) is 12.1 Å². The number of hydrogen-bond donors (Lipinski definition) is 1. The first-order valence-corrected chi connectivity index (χ1v) is 5.64. The minimum atomic E-state index is -0.478. The summed E-state index contributed by atoms with van der Waals surface area (Å²) in [4.78, 5) is 18.1. The number of ether oxygens (including phenoxy) is 2. The summed E-state index contributed by atoms with van der Waals surface area (Å²) in [6.45, 7) is 0. The summed E-state index contributed by atoms with van der Waals surface area (Å²) in [5, 5.41) is 13.4. The molecule has 0 aliphatic heterocycles. The summed E-state index contributed by atoms with van der Waals surface area (Å²) in [6, 6.07) is 5.67. The van der Waals surface area contributed by atoms with Crippen LogP contribution in [0.4, 0.5) is 11.5 Å². The Hall–Kier alpha value is -2.90. The Kier molecular flexibility index (Phi) is 3.94. The first-order chi connectivity index (χ1) is 9.65. The van der Waals surface area contributed by atoms with Crippen molar-refractivity contribution in [2.75, 3.05) is 19.5 Å². The lowest BCUT2D eigenvalue weighted by molar-refractivity contribution is -0.384. The SMILES string of the molecule is CNc1ncnc(Oc2ccc([N+](=O)[O-])cc2)c1OC. The van der Waals surface area contributed by atoms with Crippen LogP contribution in [0.2, 0.25) is 0 Å². The number of aromatic nitrogens is 2. The number of hydrogen-bond acceptors (Lipinski definition) is 7. The van der Waals surface area contributed by atoms with Gasteiger partial charge in [0.1, 0.15) is 12.1 Å². The van der Waals surface area contributed by atoms with Crippen LogP contribution in [-0.2, 0) is 0 Å². The normalized spacial score (nSPS) is 9.90. The number of nitrogens with one attached hydrogen (secondary N) is 1. The third-order valence-electron chi connectivity index (χ3n) is 2.47. The van der Waals surface area contributed by atoms with Crippen LogP contribution in [-0.4, -0.2) is 29.0 Å². The van der Waals surface area contributed by atoms with Crippen molar-refractivity contribution in [2.45, 2.75) is 0 Å². The van der Waals surface area contributed by atoms with Crippen LogP contribution in [0.1, 0.15) is 0 Å². The van der Waals surface area contributed by atoms with E-state index in [1.54, 1.807) is 7.05 Å². The average Bonchev–Trinajstić information content (AvgIpc) is 2.47. The van der Waals surface area contributed by atoms with Gasteiger partial charge in [0.05, 0.1) is 12.0 Å². The highest BCUT2D eigenvalue weighted by Crippen LogP contribution is 2.34. The molecule has 1 aromatic heterocycles. The Morgan fingerprint density at radius 3 is 2.50 bits per heavy atom. The molecule has 0 aliphatic carbocycles. The fraction of sp³-hybridized carbons (Fsp3) is 0.167. The molecule has 0 aliphatic rings. The smallest absolute Gasteiger partial charge is 0.269 e. The van der Waals surface area contributed by atoms with E-state index in [0.29, 0.717) is 17.3 Å². The number of anilines is 1. The van der Waals surface area contributed by atoms with Gasteiger partial charge in [-0.1, -0.05) is 0 Å². The largest absolute Gasteiger partial charge is 0.489 e. The van der Waals surface area contributed by atoms with Gasteiger partial charge in [-0.3, -0.25) is 10.1 Å². The zero-order valence-corrected chi connectivity index (χ0v) is 10.9. The molecule has 2 aromatic rings. The lowest BCUT2D eigenvalue weighted by atomic mass is 10.3. The van der Waals surface area contributed by atoms with Gasteiger partial charge >= 0.3 is 0 Å². The summed E-state index contributed by atoms with van der Waals surface area (Å²) >= 11 is 0. The Morgan fingerprint density at radius 2 is 1.95 bits per heavy atom. The van der Waals surface area contributed by atoms with Crippen molar-refractivity contribution in [1.29, 1.82) is 0 Å². The predicted octanol–water partition coefficient (Wildman–Crippen LogP) is 2.23. The maximum atomic E-state index is 10.6. The summed E-state index contributed by atoms with van der Waals surface area (Å²) < 4.78 is 10.7. The highest BCUT2D eigenvalue weighted by Gasteiger charge is 2.14. The second-order valence-electron chi connectivity index (χ2n) is 3.66. The van der Waals surface area contributed by atoms with E-state index in [-0.39, 0.29) is 11.6 Å². The molecule has 0 spiro atoms. The fourth-order valence-corrected chi connectivity index (χ4v) is 1.54. The third kappa shape index (κ3) is 2.74. The van der Waals surface area contributed by atoms with Gasteiger partial charge in [-0.2, -0.15) is 4.98 Å². The number of nitrogens with zero attached hydrogens (tertiary/aromatic N) is 3. The van der Waals surface area contributed by atoms with Crippen molar-refractivity contribution in [3.05, 3.63) is 40.7 Å². The second-order valence-corrected chi connectivity index (χ2v) is 3.66. The molecule has 0 bridgehead atoms. The standard InChI is InChI=1S/C12H12N4O4/c1-13-11-10(19-2)12(15-7-14-11)20-9-5-3-8(4-6-9)16(17)18/h3-7H,1-2H3,(H,13,14,15). The molecule has 8 nitrogen and oxygen atoms in total. The quantitative estimate of drug-likeness (QED) is 0.660. The minimum absolute atomic E-state index is 0.0112. The molecule has 0 saturated heterocycles. The summed E-state index contributed by atoms with van der Waals surface area (Å²) in [5.41, 5.74) is -0.0112. The summed E-state index contributed by atoms with van der Waals surface area (Å²) in [7, 11) is 3.17. The predicted molar refractivity (Wildman–Crippen MR) is 71.3 cm³/mol. The van der Waals surface area contributed by atoms with Crippen molar-refractivity contribution in [2.24, 2.45) is 0 Å². The van der Waals surface area contributed by atoms with Gasteiger partial charge in [-0.15, -0.1) is 0 Å². The minimum Gasteiger partial charge on any atom is -0.489 e. The van der Waals surface area contributed by atoms with Crippen molar-refractivity contribution < 1.29 is 14.4 Å². The molecule has 0 radical (unpaired) electrons. The number of nitro benzene ring substituents is 1.